The molecule has 1 aliphatic carbocycles. The Morgan fingerprint density at radius 2 is 1.92 bits per heavy atom. The average molecular weight is 351 g/mol. The summed E-state index contributed by atoms with van der Waals surface area (Å²) >= 11 is 6.00. The molecular formula is C21H19ClN2O. The molecule has 0 aliphatic heterocycles. The van der Waals surface area contributed by atoms with Crippen molar-refractivity contribution >= 4 is 28.3 Å². The predicted octanol–water partition coefficient (Wildman–Crippen LogP) is 5.04. The van der Waals surface area contributed by atoms with Gasteiger partial charge in [-0.05, 0) is 54.0 Å². The number of benzene rings is 2. The Morgan fingerprint density at radius 3 is 2.64 bits per heavy atom. The smallest absolute Gasteiger partial charge is 0.253 e. The van der Waals surface area contributed by atoms with Crippen LogP contribution in [0, 0.1) is 5.92 Å². The maximum atomic E-state index is 12.7. The van der Waals surface area contributed by atoms with E-state index in [0.29, 0.717) is 10.9 Å². The summed E-state index contributed by atoms with van der Waals surface area (Å²) in [4.78, 5) is 18.9. The number of carbonyl (C=O) groups is 1. The Bertz CT molecular complexity index is 932. The van der Waals surface area contributed by atoms with Crippen molar-refractivity contribution in [3.8, 4) is 11.1 Å². The zero-order valence-corrected chi connectivity index (χ0v) is 14.8. The van der Waals surface area contributed by atoms with Crippen LogP contribution in [0.15, 0.2) is 54.9 Å². The van der Waals surface area contributed by atoms with E-state index >= 15 is 0 Å². The minimum Gasteiger partial charge on any atom is -0.341 e. The van der Waals surface area contributed by atoms with Crippen molar-refractivity contribution in [3.05, 3.63) is 65.4 Å². The summed E-state index contributed by atoms with van der Waals surface area (Å²) in [6, 6.07) is 13.5. The van der Waals surface area contributed by atoms with Gasteiger partial charge in [0.15, 0.2) is 0 Å². The summed E-state index contributed by atoms with van der Waals surface area (Å²) in [7, 11) is 1.89. The van der Waals surface area contributed by atoms with Gasteiger partial charge in [-0.3, -0.25) is 9.78 Å². The minimum absolute atomic E-state index is 0.0765. The Kier molecular flexibility index (Phi) is 4.18. The molecule has 4 rings (SSSR count). The van der Waals surface area contributed by atoms with Crippen LogP contribution in [0.2, 0.25) is 5.02 Å². The molecule has 3 nitrogen and oxygen atoms in total. The van der Waals surface area contributed by atoms with Crippen molar-refractivity contribution in [2.24, 2.45) is 5.92 Å². The van der Waals surface area contributed by atoms with Crippen LogP contribution >= 0.6 is 11.6 Å². The molecular weight excluding hydrogens is 332 g/mol. The van der Waals surface area contributed by atoms with E-state index in [4.69, 9.17) is 11.6 Å². The lowest BCUT2D eigenvalue weighted by Gasteiger charge is -2.17. The van der Waals surface area contributed by atoms with Crippen molar-refractivity contribution in [2.45, 2.75) is 12.8 Å². The summed E-state index contributed by atoms with van der Waals surface area (Å²) in [6.07, 6.45) is 6.15. The first-order valence-electron chi connectivity index (χ1n) is 8.51. The lowest BCUT2D eigenvalue weighted by Crippen LogP contribution is -2.28. The van der Waals surface area contributed by atoms with Gasteiger partial charge in [-0.25, -0.2) is 0 Å². The summed E-state index contributed by atoms with van der Waals surface area (Å²) in [5, 5.41) is 2.76. The summed E-state index contributed by atoms with van der Waals surface area (Å²) < 4.78 is 0. The number of nitrogens with zero attached hydrogens (tertiary/aromatic N) is 2. The summed E-state index contributed by atoms with van der Waals surface area (Å²) in [6.45, 7) is 0.845. The summed E-state index contributed by atoms with van der Waals surface area (Å²) in [5.74, 6) is 0.760. The Labute approximate surface area is 152 Å². The number of hydrogen-bond donors (Lipinski definition) is 0. The Balaban J connectivity index is 1.74. The van der Waals surface area contributed by atoms with E-state index in [1.807, 2.05) is 66.8 Å². The van der Waals surface area contributed by atoms with E-state index < -0.39 is 0 Å². The van der Waals surface area contributed by atoms with E-state index in [-0.39, 0.29) is 5.91 Å². The highest BCUT2D eigenvalue weighted by Gasteiger charge is 2.25. The van der Waals surface area contributed by atoms with Crippen molar-refractivity contribution in [2.75, 3.05) is 13.6 Å². The highest BCUT2D eigenvalue weighted by Crippen LogP contribution is 2.31. The van der Waals surface area contributed by atoms with Crippen LogP contribution in [-0.2, 0) is 0 Å². The number of amides is 1. The fraction of sp³-hybridized carbons (Fsp3) is 0.238. The van der Waals surface area contributed by atoms with Gasteiger partial charge >= 0.3 is 0 Å². The number of fused-ring (bicyclic) bond motifs is 1. The van der Waals surface area contributed by atoms with E-state index in [1.54, 1.807) is 0 Å². The summed E-state index contributed by atoms with van der Waals surface area (Å²) in [5.41, 5.74) is 2.77. The van der Waals surface area contributed by atoms with Crippen LogP contribution in [0.4, 0.5) is 0 Å². The second kappa shape index (κ2) is 6.49. The molecule has 1 aromatic heterocycles. The first kappa shape index (κ1) is 16.1. The molecule has 1 aliphatic rings. The predicted molar refractivity (Wildman–Crippen MR) is 102 cm³/mol. The number of aromatic nitrogens is 1. The number of halogens is 1. The zero-order chi connectivity index (χ0) is 17.4. The average Bonchev–Trinajstić information content (AvgIpc) is 3.45. The van der Waals surface area contributed by atoms with Crippen LogP contribution in [0.1, 0.15) is 23.2 Å². The second-order valence-corrected chi connectivity index (χ2v) is 7.20. The van der Waals surface area contributed by atoms with Gasteiger partial charge in [-0.1, -0.05) is 29.8 Å². The molecule has 126 valence electrons. The van der Waals surface area contributed by atoms with E-state index in [9.17, 15) is 4.79 Å². The molecule has 3 aromatic rings. The van der Waals surface area contributed by atoms with Gasteiger partial charge in [-0.15, -0.1) is 0 Å². The van der Waals surface area contributed by atoms with E-state index in [1.165, 1.54) is 12.8 Å². The van der Waals surface area contributed by atoms with E-state index in [0.717, 1.165) is 34.0 Å². The Hall–Kier alpha value is -2.39. The van der Waals surface area contributed by atoms with Gasteiger partial charge in [0.05, 0.1) is 0 Å². The maximum absolute atomic E-state index is 12.7. The molecule has 0 unspecified atom stereocenters. The van der Waals surface area contributed by atoms with Crippen LogP contribution in [0.25, 0.3) is 21.9 Å². The molecule has 1 amide bonds. The highest BCUT2D eigenvalue weighted by atomic mass is 35.5. The first-order valence-corrected chi connectivity index (χ1v) is 8.89. The lowest BCUT2D eigenvalue weighted by atomic mass is 9.99. The van der Waals surface area contributed by atoms with Gasteiger partial charge in [0.2, 0.25) is 0 Å². The van der Waals surface area contributed by atoms with Crippen LogP contribution < -0.4 is 0 Å². The fourth-order valence-electron chi connectivity index (χ4n) is 3.15. The third-order valence-electron chi connectivity index (χ3n) is 4.74. The molecule has 1 saturated carbocycles. The molecule has 1 fully saturated rings. The fourth-order valence-corrected chi connectivity index (χ4v) is 3.27. The third-order valence-corrected chi connectivity index (χ3v) is 4.99. The molecule has 0 bridgehead atoms. The van der Waals surface area contributed by atoms with Crippen LogP contribution in [0.3, 0.4) is 0 Å². The molecule has 0 spiro atoms. The molecule has 0 atom stereocenters. The van der Waals surface area contributed by atoms with Crippen molar-refractivity contribution < 1.29 is 4.79 Å². The van der Waals surface area contributed by atoms with Gasteiger partial charge in [0.25, 0.3) is 5.91 Å². The molecule has 0 N–H and O–H groups in total. The standard InChI is InChI=1S/C21H19ClN2O/c1-24(13-14-2-3-14)21(25)16-4-5-17-11-23-12-20(19(17)10-16)15-6-8-18(22)9-7-15/h4-12,14H,2-3,13H2,1H3. The van der Waals surface area contributed by atoms with Crippen LogP contribution in [-0.4, -0.2) is 29.4 Å². The quantitative estimate of drug-likeness (QED) is 0.660. The number of pyridine rings is 1. The highest BCUT2D eigenvalue weighted by molar-refractivity contribution is 6.30. The Morgan fingerprint density at radius 1 is 1.16 bits per heavy atom. The maximum Gasteiger partial charge on any atom is 0.253 e. The molecule has 4 heteroatoms. The normalized spacial score (nSPS) is 13.8. The zero-order valence-electron chi connectivity index (χ0n) is 14.1. The SMILES string of the molecule is CN(CC1CC1)C(=O)c1ccc2cncc(-c3ccc(Cl)cc3)c2c1. The monoisotopic (exact) mass is 350 g/mol. The molecule has 0 saturated heterocycles. The number of carbonyl (C=O) groups excluding carboxylic acids is 1. The topological polar surface area (TPSA) is 33.2 Å². The second-order valence-electron chi connectivity index (χ2n) is 6.76. The van der Waals surface area contributed by atoms with Gasteiger partial charge in [0.1, 0.15) is 0 Å². The third kappa shape index (κ3) is 3.38. The number of rotatable bonds is 4. The van der Waals surface area contributed by atoms with Gasteiger partial charge in [0, 0.05) is 47.5 Å². The van der Waals surface area contributed by atoms with Crippen molar-refractivity contribution in [1.82, 2.24) is 9.88 Å². The first-order chi connectivity index (χ1) is 12.1. The molecule has 0 radical (unpaired) electrons. The van der Waals surface area contributed by atoms with E-state index in [2.05, 4.69) is 4.98 Å². The minimum atomic E-state index is 0.0765. The largest absolute Gasteiger partial charge is 0.341 e. The molecule has 2 aromatic carbocycles. The van der Waals surface area contributed by atoms with Crippen molar-refractivity contribution in [1.29, 1.82) is 0 Å². The molecule has 25 heavy (non-hydrogen) atoms. The molecule has 1 heterocycles. The van der Waals surface area contributed by atoms with Crippen LogP contribution in [0.5, 0.6) is 0 Å². The van der Waals surface area contributed by atoms with Crippen molar-refractivity contribution in [3.63, 3.8) is 0 Å². The van der Waals surface area contributed by atoms with Gasteiger partial charge in [-0.2, -0.15) is 0 Å². The van der Waals surface area contributed by atoms with Gasteiger partial charge < -0.3 is 4.90 Å². The number of hydrogen-bond acceptors (Lipinski definition) is 2. The lowest BCUT2D eigenvalue weighted by molar-refractivity contribution is 0.0789.